The molecule has 0 spiro atoms. The van der Waals surface area contributed by atoms with Crippen molar-refractivity contribution in [3.05, 3.63) is 47.0 Å². The average Bonchev–Trinajstić information content (AvgIpc) is 2.59. The number of carbonyl (C=O) groups excluding carboxylic acids is 2. The predicted octanol–water partition coefficient (Wildman–Crippen LogP) is 1.74. The molecule has 0 aliphatic heterocycles. The number of amides is 1. The molecule has 0 radical (unpaired) electrons. The Morgan fingerprint density at radius 1 is 1.04 bits per heavy atom. The lowest BCUT2D eigenvalue weighted by Gasteiger charge is -2.13. The summed E-state index contributed by atoms with van der Waals surface area (Å²) in [6.07, 6.45) is 0. The van der Waals surface area contributed by atoms with E-state index in [1.807, 2.05) is 0 Å². The van der Waals surface area contributed by atoms with Crippen molar-refractivity contribution in [2.75, 3.05) is 26.1 Å². The van der Waals surface area contributed by atoms with Crippen LogP contribution in [0.25, 0.3) is 0 Å². The third-order valence-electron chi connectivity index (χ3n) is 3.19. The molecule has 25 heavy (non-hydrogen) atoms. The second kappa shape index (κ2) is 8.25. The summed E-state index contributed by atoms with van der Waals surface area (Å²) in [5.74, 6) is -0.938. The fourth-order valence-electron chi connectivity index (χ4n) is 2.02. The quantitative estimate of drug-likeness (QED) is 0.803. The monoisotopic (exact) mass is 364 g/mol. The van der Waals surface area contributed by atoms with Crippen LogP contribution in [-0.4, -0.2) is 32.7 Å². The van der Waals surface area contributed by atoms with Gasteiger partial charge in [-0.1, -0.05) is 11.6 Å². The summed E-state index contributed by atoms with van der Waals surface area (Å²) in [5.41, 5.74) is 0.347. The number of hydrogen-bond donors (Lipinski definition) is 1. The van der Waals surface area contributed by atoms with E-state index in [1.165, 1.54) is 32.4 Å². The van der Waals surface area contributed by atoms with Gasteiger partial charge in [0.25, 0.3) is 5.91 Å². The van der Waals surface area contributed by atoms with Gasteiger partial charge in [-0.2, -0.15) is 0 Å². The van der Waals surface area contributed by atoms with Crippen LogP contribution >= 0.6 is 11.6 Å². The van der Waals surface area contributed by atoms with Crippen molar-refractivity contribution in [1.29, 1.82) is 0 Å². The van der Waals surface area contributed by atoms with Gasteiger partial charge >= 0.3 is 0 Å². The summed E-state index contributed by atoms with van der Waals surface area (Å²) in [6.45, 7) is -0.323. The van der Waals surface area contributed by atoms with E-state index in [0.717, 1.165) is 0 Å². The molecule has 7 nitrogen and oxygen atoms in total. The molecule has 2 aromatic rings. The molecule has 8 heteroatoms. The zero-order valence-corrected chi connectivity index (χ0v) is 14.3. The zero-order valence-electron chi connectivity index (χ0n) is 13.5. The van der Waals surface area contributed by atoms with Crippen LogP contribution in [0.3, 0.4) is 0 Å². The predicted molar refractivity (Wildman–Crippen MR) is 89.5 cm³/mol. The molecule has 0 saturated carbocycles. The molecule has 0 heterocycles. The topological polar surface area (TPSA) is 96.9 Å². The number of halogens is 1. The lowest BCUT2D eigenvalue weighted by Crippen LogP contribution is -2.22. The van der Waals surface area contributed by atoms with Crippen molar-refractivity contribution in [3.63, 3.8) is 0 Å². The minimum Gasteiger partial charge on any atom is -0.545 e. The Labute approximate surface area is 149 Å². The van der Waals surface area contributed by atoms with Crippen LogP contribution in [0, 0.1) is 0 Å². The summed E-state index contributed by atoms with van der Waals surface area (Å²) in [4.78, 5) is 22.9. The summed E-state index contributed by atoms with van der Waals surface area (Å²) in [6, 6.07) is 8.75. The highest BCUT2D eigenvalue weighted by atomic mass is 35.5. The van der Waals surface area contributed by atoms with Crippen molar-refractivity contribution >= 4 is 29.2 Å². The van der Waals surface area contributed by atoms with Crippen molar-refractivity contribution in [2.45, 2.75) is 0 Å². The van der Waals surface area contributed by atoms with Gasteiger partial charge in [0, 0.05) is 10.6 Å². The minimum atomic E-state index is -1.34. The van der Waals surface area contributed by atoms with E-state index in [-0.39, 0.29) is 23.7 Å². The molecule has 0 unspecified atom stereocenters. The number of benzene rings is 2. The molecule has 0 saturated heterocycles. The number of nitrogens with one attached hydrogen (secondary N) is 1. The number of anilines is 1. The Kier molecular flexibility index (Phi) is 6.08. The summed E-state index contributed by atoms with van der Waals surface area (Å²) >= 11 is 5.90. The minimum absolute atomic E-state index is 0.0580. The van der Waals surface area contributed by atoms with Gasteiger partial charge in [0.05, 0.1) is 25.9 Å². The van der Waals surface area contributed by atoms with Crippen LogP contribution in [-0.2, 0) is 4.79 Å². The molecular formula is C17H15ClNO6-. The first-order valence-corrected chi connectivity index (χ1v) is 7.48. The number of rotatable bonds is 7. The highest BCUT2D eigenvalue weighted by Crippen LogP contribution is 2.29. The maximum absolute atomic E-state index is 12.1. The first-order valence-electron chi connectivity index (χ1n) is 7.10. The van der Waals surface area contributed by atoms with Gasteiger partial charge in [0.1, 0.15) is 5.75 Å². The molecule has 2 rings (SSSR count). The van der Waals surface area contributed by atoms with Gasteiger partial charge in [-0.15, -0.1) is 0 Å². The van der Waals surface area contributed by atoms with Gasteiger partial charge in [-0.25, -0.2) is 0 Å². The van der Waals surface area contributed by atoms with E-state index >= 15 is 0 Å². The van der Waals surface area contributed by atoms with Crippen LogP contribution in [0.1, 0.15) is 10.4 Å². The first-order chi connectivity index (χ1) is 11.9. The number of aromatic carboxylic acids is 1. The lowest BCUT2D eigenvalue weighted by atomic mass is 10.2. The van der Waals surface area contributed by atoms with Crippen molar-refractivity contribution in [2.24, 2.45) is 0 Å². The van der Waals surface area contributed by atoms with Gasteiger partial charge in [0.2, 0.25) is 0 Å². The highest BCUT2D eigenvalue weighted by molar-refractivity contribution is 6.31. The van der Waals surface area contributed by atoms with E-state index in [4.69, 9.17) is 25.8 Å². The van der Waals surface area contributed by atoms with Crippen LogP contribution in [0.4, 0.5) is 5.69 Å². The third-order valence-corrected chi connectivity index (χ3v) is 3.43. The molecule has 1 N–H and O–H groups in total. The van der Waals surface area contributed by atoms with Crippen molar-refractivity contribution in [1.82, 2.24) is 0 Å². The number of methoxy groups -OCH3 is 2. The van der Waals surface area contributed by atoms with Crippen molar-refractivity contribution in [3.8, 4) is 17.2 Å². The largest absolute Gasteiger partial charge is 0.545 e. The Morgan fingerprint density at radius 2 is 1.72 bits per heavy atom. The smallest absolute Gasteiger partial charge is 0.262 e. The van der Waals surface area contributed by atoms with Crippen LogP contribution in [0.5, 0.6) is 17.2 Å². The SMILES string of the molecule is COc1ccc(Cl)cc1NC(=O)COc1ccc(C(=O)[O-])cc1OC. The molecule has 0 fully saturated rings. The number of hydrogen-bond acceptors (Lipinski definition) is 6. The molecule has 0 atom stereocenters. The fraction of sp³-hybridized carbons (Fsp3) is 0.176. The van der Waals surface area contributed by atoms with E-state index in [1.54, 1.807) is 18.2 Å². The Morgan fingerprint density at radius 3 is 2.36 bits per heavy atom. The maximum Gasteiger partial charge on any atom is 0.262 e. The summed E-state index contributed by atoms with van der Waals surface area (Å²) in [7, 11) is 2.83. The molecular weight excluding hydrogens is 350 g/mol. The molecule has 0 bridgehead atoms. The van der Waals surface area contributed by atoms with Crippen molar-refractivity contribution < 1.29 is 28.9 Å². The number of ether oxygens (including phenoxy) is 3. The van der Waals surface area contributed by atoms with Crippen LogP contribution in [0.2, 0.25) is 5.02 Å². The first kappa shape index (κ1) is 18.4. The lowest BCUT2D eigenvalue weighted by molar-refractivity contribution is -0.255. The zero-order chi connectivity index (χ0) is 18.4. The maximum atomic E-state index is 12.1. The fourth-order valence-corrected chi connectivity index (χ4v) is 2.19. The van der Waals surface area contributed by atoms with Crippen LogP contribution < -0.4 is 24.6 Å². The molecule has 0 aromatic heterocycles. The Hall–Kier alpha value is -2.93. The van der Waals surface area contributed by atoms with Gasteiger partial charge < -0.3 is 29.4 Å². The molecule has 2 aromatic carbocycles. The second-order valence-electron chi connectivity index (χ2n) is 4.83. The normalized spacial score (nSPS) is 10.0. The van der Waals surface area contributed by atoms with Gasteiger partial charge in [0.15, 0.2) is 18.1 Å². The molecule has 132 valence electrons. The Bertz CT molecular complexity index is 793. The summed E-state index contributed by atoms with van der Waals surface area (Å²) < 4.78 is 15.6. The van der Waals surface area contributed by atoms with E-state index in [9.17, 15) is 14.7 Å². The standard InChI is InChI=1S/C17H16ClNO6/c1-23-13-6-4-11(18)8-12(13)19-16(20)9-25-14-5-3-10(17(21)22)7-15(14)24-2/h3-8H,9H2,1-2H3,(H,19,20)(H,21,22)/p-1. The summed E-state index contributed by atoms with van der Waals surface area (Å²) in [5, 5.41) is 13.9. The number of carbonyl (C=O) groups is 2. The number of carboxylic acid groups (broad SMARTS) is 1. The van der Waals surface area contributed by atoms with E-state index < -0.39 is 11.9 Å². The third kappa shape index (κ3) is 4.77. The molecule has 0 aliphatic carbocycles. The van der Waals surface area contributed by atoms with Gasteiger partial charge in [-0.3, -0.25) is 4.79 Å². The van der Waals surface area contributed by atoms with E-state index in [2.05, 4.69) is 5.32 Å². The average molecular weight is 365 g/mol. The van der Waals surface area contributed by atoms with Gasteiger partial charge in [-0.05, 0) is 36.4 Å². The van der Waals surface area contributed by atoms with Crippen LogP contribution in [0.15, 0.2) is 36.4 Å². The Balaban J connectivity index is 2.05. The second-order valence-corrected chi connectivity index (χ2v) is 5.27. The molecule has 1 amide bonds. The number of carboxylic acids is 1. The highest BCUT2D eigenvalue weighted by Gasteiger charge is 2.12. The molecule has 0 aliphatic rings. The van der Waals surface area contributed by atoms with E-state index in [0.29, 0.717) is 16.5 Å².